The van der Waals surface area contributed by atoms with Gasteiger partial charge in [0.2, 0.25) is 0 Å². The van der Waals surface area contributed by atoms with Gasteiger partial charge in [0.1, 0.15) is 6.26 Å². The molecule has 1 saturated heterocycles. The molecule has 1 aliphatic rings. The van der Waals surface area contributed by atoms with Crippen LogP contribution in [0.5, 0.6) is 0 Å². The van der Waals surface area contributed by atoms with Crippen LogP contribution in [0.1, 0.15) is 11.6 Å². The summed E-state index contributed by atoms with van der Waals surface area (Å²) in [7, 11) is 0. The van der Waals surface area contributed by atoms with E-state index in [9.17, 15) is 0 Å². The molecular formula is C8H12N2O. The number of aryl methyl sites for hydroxylation is 1. The van der Waals surface area contributed by atoms with Gasteiger partial charge >= 0.3 is 0 Å². The first kappa shape index (κ1) is 6.85. The molecule has 3 nitrogen and oxygen atoms in total. The first-order valence-corrected chi connectivity index (χ1v) is 3.96. The number of rotatable bonds is 2. The Labute approximate surface area is 65.8 Å². The van der Waals surface area contributed by atoms with Gasteiger partial charge in [0.05, 0.1) is 5.69 Å². The van der Waals surface area contributed by atoms with Crippen LogP contribution in [-0.4, -0.2) is 18.1 Å². The van der Waals surface area contributed by atoms with Gasteiger partial charge in [-0.3, -0.25) is 0 Å². The van der Waals surface area contributed by atoms with E-state index in [1.54, 1.807) is 6.26 Å². The van der Waals surface area contributed by atoms with E-state index in [2.05, 4.69) is 10.3 Å². The fourth-order valence-corrected chi connectivity index (χ4v) is 1.24. The summed E-state index contributed by atoms with van der Waals surface area (Å²) in [6.07, 6.45) is 2.70. The Morgan fingerprint density at radius 1 is 1.73 bits per heavy atom. The quantitative estimate of drug-likeness (QED) is 0.679. The van der Waals surface area contributed by atoms with Crippen LogP contribution in [0, 0.1) is 12.8 Å². The number of hydrogen-bond acceptors (Lipinski definition) is 3. The lowest BCUT2D eigenvalue weighted by Gasteiger charge is -2.25. The van der Waals surface area contributed by atoms with Crippen LogP contribution in [0.2, 0.25) is 0 Å². The molecule has 2 rings (SSSR count). The molecule has 1 N–H and O–H groups in total. The van der Waals surface area contributed by atoms with Gasteiger partial charge in [0.25, 0.3) is 0 Å². The van der Waals surface area contributed by atoms with Crippen molar-refractivity contribution in [3.05, 3.63) is 17.8 Å². The molecule has 1 aromatic heterocycles. The molecule has 1 aromatic rings. The Kier molecular flexibility index (Phi) is 1.66. The number of hydrogen-bond donors (Lipinski definition) is 1. The topological polar surface area (TPSA) is 38.1 Å². The van der Waals surface area contributed by atoms with Crippen LogP contribution >= 0.6 is 0 Å². The minimum Gasteiger partial charge on any atom is -0.449 e. The van der Waals surface area contributed by atoms with Crippen LogP contribution in [0.25, 0.3) is 0 Å². The minimum absolute atomic E-state index is 0.744. The highest BCUT2D eigenvalue weighted by molar-refractivity contribution is 4.95. The van der Waals surface area contributed by atoms with E-state index < -0.39 is 0 Å². The normalized spacial score (nSPS) is 18.3. The van der Waals surface area contributed by atoms with Gasteiger partial charge in [-0.2, -0.15) is 0 Å². The van der Waals surface area contributed by atoms with E-state index in [4.69, 9.17) is 4.42 Å². The van der Waals surface area contributed by atoms with Crippen molar-refractivity contribution < 1.29 is 4.42 Å². The molecule has 0 spiro atoms. The summed E-state index contributed by atoms with van der Waals surface area (Å²) < 4.78 is 5.23. The van der Waals surface area contributed by atoms with E-state index in [0.29, 0.717) is 0 Å². The van der Waals surface area contributed by atoms with Gasteiger partial charge in [-0.05, 0) is 25.9 Å². The third kappa shape index (κ3) is 1.43. The highest BCUT2D eigenvalue weighted by Gasteiger charge is 2.18. The second-order valence-electron chi connectivity index (χ2n) is 3.11. The number of nitrogens with one attached hydrogen (secondary N) is 1. The lowest BCUT2D eigenvalue weighted by Crippen LogP contribution is -2.43. The van der Waals surface area contributed by atoms with Crippen LogP contribution in [0.3, 0.4) is 0 Å². The maximum atomic E-state index is 5.23. The number of aromatic nitrogens is 1. The second-order valence-corrected chi connectivity index (χ2v) is 3.11. The zero-order valence-corrected chi connectivity index (χ0v) is 6.63. The smallest absolute Gasteiger partial charge is 0.194 e. The first-order chi connectivity index (χ1) is 5.34. The molecule has 0 unspecified atom stereocenters. The van der Waals surface area contributed by atoms with Gasteiger partial charge in [-0.1, -0.05) is 0 Å². The Hall–Kier alpha value is -0.830. The minimum atomic E-state index is 0.744. The van der Waals surface area contributed by atoms with Crippen LogP contribution in [0.4, 0.5) is 0 Å². The average molecular weight is 152 g/mol. The molecule has 1 fully saturated rings. The van der Waals surface area contributed by atoms with Gasteiger partial charge in [-0.15, -0.1) is 0 Å². The van der Waals surface area contributed by atoms with Crippen molar-refractivity contribution in [1.29, 1.82) is 0 Å². The van der Waals surface area contributed by atoms with Crippen molar-refractivity contribution in [2.24, 2.45) is 5.92 Å². The van der Waals surface area contributed by atoms with E-state index >= 15 is 0 Å². The molecule has 0 radical (unpaired) electrons. The first-order valence-electron chi connectivity index (χ1n) is 3.96. The molecule has 0 atom stereocenters. The number of oxazole rings is 1. The molecule has 60 valence electrons. The molecule has 0 bridgehead atoms. The second kappa shape index (κ2) is 2.66. The predicted octanol–water partition coefficient (Wildman–Crippen LogP) is 0.745. The molecule has 0 aliphatic carbocycles. The predicted molar refractivity (Wildman–Crippen MR) is 41.3 cm³/mol. The highest BCUT2D eigenvalue weighted by atomic mass is 16.3. The Bertz CT molecular complexity index is 240. The zero-order chi connectivity index (χ0) is 7.68. The van der Waals surface area contributed by atoms with Crippen molar-refractivity contribution in [1.82, 2.24) is 10.3 Å². The maximum absolute atomic E-state index is 5.23. The molecule has 11 heavy (non-hydrogen) atoms. The van der Waals surface area contributed by atoms with E-state index in [0.717, 1.165) is 37.0 Å². The van der Waals surface area contributed by atoms with Crippen molar-refractivity contribution in [2.45, 2.75) is 13.3 Å². The largest absolute Gasteiger partial charge is 0.449 e. The molecule has 0 aromatic carbocycles. The van der Waals surface area contributed by atoms with Gasteiger partial charge in [0.15, 0.2) is 5.89 Å². The monoisotopic (exact) mass is 152 g/mol. The lowest BCUT2D eigenvalue weighted by molar-refractivity contribution is 0.318. The average Bonchev–Trinajstić information content (AvgIpc) is 2.27. The third-order valence-corrected chi connectivity index (χ3v) is 2.00. The summed E-state index contributed by atoms with van der Waals surface area (Å²) in [6.45, 7) is 4.18. The summed E-state index contributed by atoms with van der Waals surface area (Å²) >= 11 is 0. The van der Waals surface area contributed by atoms with Gasteiger partial charge in [-0.25, -0.2) is 4.98 Å². The Morgan fingerprint density at radius 3 is 3.00 bits per heavy atom. The standard InChI is InChI=1S/C8H12N2O/c1-6-5-11-8(10-6)2-7-3-9-4-7/h5,7,9H,2-4H2,1H3. The fourth-order valence-electron chi connectivity index (χ4n) is 1.24. The van der Waals surface area contributed by atoms with Crippen molar-refractivity contribution >= 4 is 0 Å². The molecule has 0 amide bonds. The molecule has 2 heterocycles. The summed E-state index contributed by atoms with van der Waals surface area (Å²) in [5, 5.41) is 3.22. The maximum Gasteiger partial charge on any atom is 0.194 e. The zero-order valence-electron chi connectivity index (χ0n) is 6.63. The molecule has 0 saturated carbocycles. The molecular weight excluding hydrogens is 140 g/mol. The van der Waals surface area contributed by atoms with Crippen molar-refractivity contribution in [2.75, 3.05) is 13.1 Å². The van der Waals surface area contributed by atoms with E-state index in [1.807, 2.05) is 6.92 Å². The van der Waals surface area contributed by atoms with Crippen LogP contribution < -0.4 is 5.32 Å². The Balaban J connectivity index is 1.95. The number of nitrogens with zero attached hydrogens (tertiary/aromatic N) is 1. The molecule has 1 aliphatic heterocycles. The summed E-state index contributed by atoms with van der Waals surface area (Å²) in [5.74, 6) is 1.63. The van der Waals surface area contributed by atoms with Crippen LogP contribution in [-0.2, 0) is 6.42 Å². The van der Waals surface area contributed by atoms with Crippen LogP contribution in [0.15, 0.2) is 10.7 Å². The third-order valence-electron chi connectivity index (χ3n) is 2.00. The molecule has 3 heteroatoms. The van der Waals surface area contributed by atoms with E-state index in [-0.39, 0.29) is 0 Å². The van der Waals surface area contributed by atoms with Gasteiger partial charge < -0.3 is 9.73 Å². The fraction of sp³-hybridized carbons (Fsp3) is 0.625. The van der Waals surface area contributed by atoms with Gasteiger partial charge in [0, 0.05) is 6.42 Å². The van der Waals surface area contributed by atoms with Crippen molar-refractivity contribution in [3.63, 3.8) is 0 Å². The summed E-state index contributed by atoms with van der Waals surface area (Å²) in [4.78, 5) is 4.24. The lowest BCUT2D eigenvalue weighted by atomic mass is 10.00. The highest BCUT2D eigenvalue weighted by Crippen LogP contribution is 2.11. The summed E-state index contributed by atoms with van der Waals surface area (Å²) in [5.41, 5.74) is 0.979. The Morgan fingerprint density at radius 2 is 2.55 bits per heavy atom. The summed E-state index contributed by atoms with van der Waals surface area (Å²) in [6, 6.07) is 0. The van der Waals surface area contributed by atoms with E-state index in [1.165, 1.54) is 0 Å². The van der Waals surface area contributed by atoms with Crippen molar-refractivity contribution in [3.8, 4) is 0 Å². The SMILES string of the molecule is Cc1coc(CC2CNC2)n1.